The van der Waals surface area contributed by atoms with Crippen LogP contribution in [0.4, 0.5) is 40.8 Å². The predicted octanol–water partition coefficient (Wildman–Crippen LogP) is 6.84. The van der Waals surface area contributed by atoms with Gasteiger partial charge in [-0.25, -0.2) is 21.9 Å². The molecule has 46 heavy (non-hydrogen) atoms. The van der Waals surface area contributed by atoms with Gasteiger partial charge in [-0.05, 0) is 67.6 Å². The maximum Gasteiger partial charge on any atom is 0.435 e. The number of benzene rings is 2. The molecule has 0 radical (unpaired) electrons. The first-order valence-corrected chi connectivity index (χ1v) is 15.0. The van der Waals surface area contributed by atoms with Gasteiger partial charge in [-0.2, -0.15) is 26.3 Å². The zero-order valence-corrected chi connectivity index (χ0v) is 24.2. The van der Waals surface area contributed by atoms with Crippen molar-refractivity contribution in [2.45, 2.75) is 59.4 Å². The Balaban J connectivity index is 1.47. The molecule has 0 bridgehead atoms. The Hall–Kier alpha value is -4.41. The maximum absolute atomic E-state index is 14.7. The predicted molar refractivity (Wildman–Crippen MR) is 146 cm³/mol. The molecule has 0 spiro atoms. The van der Waals surface area contributed by atoms with Crippen molar-refractivity contribution in [2.24, 2.45) is 0 Å². The van der Waals surface area contributed by atoms with E-state index in [9.17, 15) is 48.3 Å². The summed E-state index contributed by atoms with van der Waals surface area (Å²) in [6, 6.07) is 8.51. The van der Waals surface area contributed by atoms with E-state index in [-0.39, 0.29) is 54.0 Å². The van der Waals surface area contributed by atoms with E-state index in [4.69, 9.17) is 0 Å². The number of hydrogen-bond donors (Lipinski definition) is 1. The minimum atomic E-state index is -6.35. The Kier molecular flexibility index (Phi) is 8.42. The number of sulfone groups is 1. The Bertz CT molecular complexity index is 1790. The molecule has 0 aliphatic heterocycles. The summed E-state index contributed by atoms with van der Waals surface area (Å²) in [6.45, 7) is 0. The largest absolute Gasteiger partial charge is 0.435 e. The number of pyridine rings is 1. The molecular formula is C29H23F8N5O3S. The van der Waals surface area contributed by atoms with Crippen molar-refractivity contribution >= 4 is 21.4 Å². The number of amides is 1. The van der Waals surface area contributed by atoms with Crippen LogP contribution in [0.1, 0.15) is 53.3 Å². The first-order valence-electron chi connectivity index (χ1n) is 13.6. The maximum atomic E-state index is 14.7. The van der Waals surface area contributed by atoms with Crippen LogP contribution in [0, 0.1) is 5.82 Å². The third-order valence-electron chi connectivity index (χ3n) is 8.03. The van der Waals surface area contributed by atoms with Gasteiger partial charge in [-0.15, -0.1) is 5.10 Å². The third-order valence-corrected chi connectivity index (χ3v) is 10.6. The Morgan fingerprint density at radius 2 is 1.50 bits per heavy atom. The second-order valence-corrected chi connectivity index (χ2v) is 13.0. The average Bonchev–Trinajstić information content (AvgIpc) is 3.51. The number of rotatable bonds is 7. The first kappa shape index (κ1) is 33.0. The summed E-state index contributed by atoms with van der Waals surface area (Å²) in [5, 5.41) is 10.4. The number of carbonyl (C=O) groups is 1. The summed E-state index contributed by atoms with van der Waals surface area (Å²) in [6.07, 6.45) is -8.74. The Labute approximate surface area is 256 Å². The van der Waals surface area contributed by atoms with E-state index in [2.05, 4.69) is 20.6 Å². The number of anilines is 1. The van der Waals surface area contributed by atoms with Crippen molar-refractivity contribution in [1.29, 1.82) is 0 Å². The number of nitrogens with one attached hydrogen (secondary N) is 1. The zero-order valence-electron chi connectivity index (χ0n) is 23.4. The highest BCUT2D eigenvalue weighted by Gasteiger charge is 2.73. The monoisotopic (exact) mass is 673 g/mol. The molecular weight excluding hydrogens is 650 g/mol. The molecule has 0 unspecified atom stereocenters. The third kappa shape index (κ3) is 5.71. The van der Waals surface area contributed by atoms with Gasteiger partial charge in [0.15, 0.2) is 15.5 Å². The van der Waals surface area contributed by atoms with Gasteiger partial charge in [-0.1, -0.05) is 29.5 Å². The minimum Gasteiger partial charge on any atom is -0.319 e. The van der Waals surface area contributed by atoms with Crippen LogP contribution in [-0.4, -0.2) is 46.7 Å². The normalized spacial score (nSPS) is 19.5. The molecule has 1 aliphatic carbocycles. The van der Waals surface area contributed by atoms with Gasteiger partial charge in [-0.3, -0.25) is 9.78 Å². The van der Waals surface area contributed by atoms with Crippen molar-refractivity contribution in [1.82, 2.24) is 20.0 Å². The van der Waals surface area contributed by atoms with Gasteiger partial charge < -0.3 is 5.32 Å². The lowest BCUT2D eigenvalue weighted by Gasteiger charge is -2.40. The van der Waals surface area contributed by atoms with Gasteiger partial charge in [0.1, 0.15) is 10.6 Å². The van der Waals surface area contributed by atoms with Gasteiger partial charge in [0.2, 0.25) is 0 Å². The molecule has 0 atom stereocenters. The van der Waals surface area contributed by atoms with E-state index in [1.807, 2.05) is 0 Å². The molecule has 0 saturated heterocycles. The summed E-state index contributed by atoms with van der Waals surface area (Å²) in [7, 11) is -4.47. The smallest absolute Gasteiger partial charge is 0.319 e. The molecule has 1 fully saturated rings. The van der Waals surface area contributed by atoms with E-state index < -0.39 is 55.9 Å². The second kappa shape index (κ2) is 11.7. The van der Waals surface area contributed by atoms with E-state index in [0.717, 1.165) is 36.4 Å². The molecule has 8 nitrogen and oxygen atoms in total. The molecule has 4 aromatic rings. The van der Waals surface area contributed by atoms with Crippen LogP contribution < -0.4 is 5.32 Å². The number of halogens is 8. The summed E-state index contributed by atoms with van der Waals surface area (Å²) in [5.74, 6) is -1.33. The van der Waals surface area contributed by atoms with Crippen LogP contribution in [0.3, 0.4) is 0 Å². The second-order valence-electron chi connectivity index (χ2n) is 10.7. The minimum absolute atomic E-state index is 0.0563. The molecule has 2 aromatic heterocycles. The number of aromatic nitrogens is 4. The Morgan fingerprint density at radius 1 is 0.891 bits per heavy atom. The molecule has 1 N–H and O–H groups in total. The lowest BCUT2D eigenvalue weighted by Crippen LogP contribution is -2.50. The van der Waals surface area contributed by atoms with E-state index in [0.29, 0.717) is 5.69 Å². The summed E-state index contributed by atoms with van der Waals surface area (Å²) >= 11 is 0. The van der Waals surface area contributed by atoms with E-state index in [1.54, 1.807) is 12.1 Å². The number of carbonyl (C=O) groups excluding carboxylic acids is 1. The molecule has 1 aliphatic rings. The molecule has 17 heteroatoms. The van der Waals surface area contributed by atoms with Crippen LogP contribution in [0.5, 0.6) is 0 Å². The zero-order chi connectivity index (χ0) is 33.5. The highest BCUT2D eigenvalue weighted by atomic mass is 32.2. The molecule has 2 heterocycles. The molecule has 2 aromatic carbocycles. The number of hydrogen-bond acceptors (Lipinski definition) is 6. The van der Waals surface area contributed by atoms with Crippen molar-refractivity contribution in [3.05, 3.63) is 102 Å². The van der Waals surface area contributed by atoms with Crippen LogP contribution in [-0.2, 0) is 20.3 Å². The van der Waals surface area contributed by atoms with E-state index in [1.165, 1.54) is 23.3 Å². The van der Waals surface area contributed by atoms with E-state index >= 15 is 0 Å². The van der Waals surface area contributed by atoms with Gasteiger partial charge in [0, 0.05) is 11.8 Å². The van der Waals surface area contributed by atoms with Gasteiger partial charge in [0.05, 0.1) is 29.0 Å². The topological polar surface area (TPSA) is 107 Å². The van der Waals surface area contributed by atoms with Gasteiger partial charge in [0.25, 0.3) is 5.91 Å². The van der Waals surface area contributed by atoms with Crippen LogP contribution in [0.2, 0.25) is 0 Å². The lowest BCUT2D eigenvalue weighted by atomic mass is 9.80. The molecule has 5 rings (SSSR count). The average molecular weight is 674 g/mol. The first-order chi connectivity index (χ1) is 21.5. The highest BCUT2D eigenvalue weighted by Crippen LogP contribution is 2.54. The molecule has 1 saturated carbocycles. The van der Waals surface area contributed by atoms with Gasteiger partial charge >= 0.3 is 18.0 Å². The van der Waals surface area contributed by atoms with Crippen molar-refractivity contribution in [2.75, 3.05) is 5.32 Å². The van der Waals surface area contributed by atoms with Crippen molar-refractivity contribution < 1.29 is 48.3 Å². The SMILES string of the molecule is O=C(Nc1cccnc1)c1cn(C2CCC(c3ccc(C(F)(C(F)(F)F)C(F)(F)F)cc3)(S(=O)(=O)c3ccc(F)cc3)CC2)nn1. The Morgan fingerprint density at radius 3 is 2.04 bits per heavy atom. The number of nitrogens with zero attached hydrogens (tertiary/aromatic N) is 4. The van der Waals surface area contributed by atoms with Crippen LogP contribution >= 0.6 is 0 Å². The van der Waals surface area contributed by atoms with Crippen molar-refractivity contribution in [3.8, 4) is 0 Å². The summed E-state index contributed by atoms with van der Waals surface area (Å²) in [4.78, 5) is 16.2. The fraction of sp³-hybridized carbons (Fsp3) is 0.310. The number of alkyl halides is 7. The molecule has 244 valence electrons. The summed E-state index contributed by atoms with van der Waals surface area (Å²) in [5.41, 5.74) is -7.30. The van der Waals surface area contributed by atoms with Crippen LogP contribution in [0.15, 0.2) is 84.1 Å². The van der Waals surface area contributed by atoms with Crippen LogP contribution in [0.25, 0.3) is 0 Å². The molecule has 1 amide bonds. The standard InChI is InChI=1S/C29H23F8N5O3S/c30-20-7-9-23(10-8-20)46(44,45)26(18-3-5-19(6-4-18)27(31,28(32,33)34)29(35,36)37)13-11-22(12-14-26)42-17-24(40-41-42)25(43)39-21-2-1-15-38-16-21/h1-10,15-17,22H,11-14H2,(H,39,43). The fourth-order valence-electron chi connectivity index (χ4n) is 5.57. The highest BCUT2D eigenvalue weighted by molar-refractivity contribution is 7.92. The summed E-state index contributed by atoms with van der Waals surface area (Å²) < 4.78 is 136. The quantitative estimate of drug-likeness (QED) is 0.170. The van der Waals surface area contributed by atoms with Crippen molar-refractivity contribution in [3.63, 3.8) is 0 Å². The lowest BCUT2D eigenvalue weighted by molar-refractivity contribution is -0.348. The fourth-order valence-corrected chi connectivity index (χ4v) is 7.73.